The fourth-order valence-corrected chi connectivity index (χ4v) is 3.44. The maximum Gasteiger partial charge on any atom is 0.0588 e. The number of hydrogen-bond donors (Lipinski definition) is 1. The molecule has 2 aromatic carbocycles. The van der Waals surface area contributed by atoms with Gasteiger partial charge in [-0.1, -0.05) is 56.1 Å². The normalized spacial score (nSPS) is 12.5. The van der Waals surface area contributed by atoms with E-state index in [0.717, 1.165) is 4.47 Å². The van der Waals surface area contributed by atoms with E-state index in [9.17, 15) is 0 Å². The smallest absolute Gasteiger partial charge is 0.0588 e. The third-order valence-corrected chi connectivity index (χ3v) is 5.62. The van der Waals surface area contributed by atoms with Crippen molar-refractivity contribution in [3.63, 3.8) is 0 Å². The van der Waals surface area contributed by atoms with Gasteiger partial charge in [0.05, 0.1) is 6.04 Å². The lowest BCUT2D eigenvalue weighted by atomic mass is 9.93. The molecule has 0 radical (unpaired) electrons. The first kappa shape index (κ1) is 15.7. The van der Waals surface area contributed by atoms with Gasteiger partial charge in [-0.25, -0.2) is 0 Å². The van der Waals surface area contributed by atoms with Gasteiger partial charge in [0.2, 0.25) is 0 Å². The van der Waals surface area contributed by atoms with Gasteiger partial charge >= 0.3 is 0 Å². The molecule has 0 aliphatic carbocycles. The minimum atomic E-state index is 0.191. The van der Waals surface area contributed by atoms with Crippen LogP contribution in [0.4, 0.5) is 0 Å². The number of aryl methyl sites for hydroxylation is 3. The van der Waals surface area contributed by atoms with Crippen LogP contribution in [0, 0.1) is 20.8 Å². The summed E-state index contributed by atoms with van der Waals surface area (Å²) in [6.07, 6.45) is 0. The largest absolute Gasteiger partial charge is 0.309 e. The van der Waals surface area contributed by atoms with Gasteiger partial charge in [0.1, 0.15) is 0 Å². The zero-order valence-corrected chi connectivity index (χ0v) is 15.4. The Morgan fingerprint density at radius 3 is 2.25 bits per heavy atom. The Morgan fingerprint density at radius 2 is 1.60 bits per heavy atom. The topological polar surface area (TPSA) is 12.0 Å². The van der Waals surface area contributed by atoms with E-state index in [0.29, 0.717) is 0 Å². The second-order valence-corrected chi connectivity index (χ2v) is 6.81. The Hall–Kier alpha value is -0.640. The van der Waals surface area contributed by atoms with Crippen molar-refractivity contribution in [2.24, 2.45) is 0 Å². The number of rotatable bonds is 3. The molecule has 3 heteroatoms. The highest BCUT2D eigenvalue weighted by molar-refractivity contribution is 9.10. The molecule has 0 bridgehead atoms. The molecule has 0 aromatic heterocycles. The van der Waals surface area contributed by atoms with E-state index >= 15 is 0 Å². The molecule has 1 N–H and O–H groups in total. The first-order chi connectivity index (χ1) is 9.45. The maximum atomic E-state index is 3.73. The third-order valence-electron chi connectivity index (χ3n) is 3.68. The molecule has 106 valence electrons. The van der Waals surface area contributed by atoms with Crippen LogP contribution < -0.4 is 5.32 Å². The number of hydrogen-bond acceptors (Lipinski definition) is 1. The Balaban J connectivity index is 2.58. The van der Waals surface area contributed by atoms with Crippen molar-refractivity contribution in [3.05, 3.63) is 67.1 Å². The van der Waals surface area contributed by atoms with Gasteiger partial charge < -0.3 is 5.32 Å². The molecule has 1 nitrogen and oxygen atoms in total. The highest BCUT2D eigenvalue weighted by atomic mass is 79.9. The van der Waals surface area contributed by atoms with Gasteiger partial charge in [0, 0.05) is 8.95 Å². The maximum absolute atomic E-state index is 3.73. The van der Waals surface area contributed by atoms with Crippen LogP contribution in [0.2, 0.25) is 0 Å². The Kier molecular flexibility index (Phi) is 5.05. The highest BCUT2D eigenvalue weighted by Gasteiger charge is 2.18. The van der Waals surface area contributed by atoms with Gasteiger partial charge in [-0.3, -0.25) is 0 Å². The molecule has 1 unspecified atom stereocenters. The molecule has 0 heterocycles. The van der Waals surface area contributed by atoms with Crippen molar-refractivity contribution in [2.75, 3.05) is 7.05 Å². The molecule has 0 aliphatic heterocycles. The summed E-state index contributed by atoms with van der Waals surface area (Å²) in [6.45, 7) is 6.42. The number of nitrogens with one attached hydrogen (secondary N) is 1. The van der Waals surface area contributed by atoms with Crippen LogP contribution in [0.3, 0.4) is 0 Å². The molecule has 0 amide bonds. The predicted octanol–water partition coefficient (Wildman–Crippen LogP) is 5.45. The number of benzene rings is 2. The zero-order chi connectivity index (χ0) is 14.9. The molecular weight excluding hydrogens is 378 g/mol. The summed E-state index contributed by atoms with van der Waals surface area (Å²) in [4.78, 5) is 0. The quantitative estimate of drug-likeness (QED) is 0.727. The number of halogens is 2. The lowest BCUT2D eigenvalue weighted by Crippen LogP contribution is -2.19. The van der Waals surface area contributed by atoms with Crippen molar-refractivity contribution >= 4 is 31.9 Å². The van der Waals surface area contributed by atoms with Crippen LogP contribution in [0.25, 0.3) is 0 Å². The molecule has 2 aromatic rings. The summed E-state index contributed by atoms with van der Waals surface area (Å²) < 4.78 is 2.34. The SMILES string of the molecule is CNC(c1cc(C)c(Br)cc1C)c1cccc(C)c1Br. The zero-order valence-electron chi connectivity index (χ0n) is 12.2. The van der Waals surface area contributed by atoms with Crippen molar-refractivity contribution in [1.82, 2.24) is 5.32 Å². The van der Waals surface area contributed by atoms with Crippen LogP contribution >= 0.6 is 31.9 Å². The summed E-state index contributed by atoms with van der Waals surface area (Å²) in [5.41, 5.74) is 6.40. The molecule has 0 spiro atoms. The van der Waals surface area contributed by atoms with Gasteiger partial charge in [-0.05, 0) is 61.7 Å². The Bertz CT molecular complexity index is 635. The van der Waals surface area contributed by atoms with Gasteiger partial charge in [-0.2, -0.15) is 0 Å². The first-order valence-electron chi connectivity index (χ1n) is 6.64. The van der Waals surface area contributed by atoms with E-state index < -0.39 is 0 Å². The van der Waals surface area contributed by atoms with E-state index in [-0.39, 0.29) is 6.04 Å². The minimum Gasteiger partial charge on any atom is -0.309 e. The standard InChI is InChI=1S/C17H19Br2N/c1-10-6-5-7-13(16(10)19)17(20-4)14-8-12(3)15(18)9-11(14)2/h5-9,17,20H,1-4H3. The molecule has 0 saturated carbocycles. The Labute approximate surface area is 138 Å². The molecule has 1 atom stereocenters. The highest BCUT2D eigenvalue weighted by Crippen LogP contribution is 2.33. The van der Waals surface area contributed by atoms with Crippen molar-refractivity contribution in [1.29, 1.82) is 0 Å². The predicted molar refractivity (Wildman–Crippen MR) is 93.4 cm³/mol. The second kappa shape index (κ2) is 6.42. The fourth-order valence-electron chi connectivity index (χ4n) is 2.49. The Morgan fingerprint density at radius 1 is 0.900 bits per heavy atom. The van der Waals surface area contributed by atoms with Gasteiger partial charge in [0.25, 0.3) is 0 Å². The van der Waals surface area contributed by atoms with E-state index in [1.54, 1.807) is 0 Å². The lowest BCUT2D eigenvalue weighted by molar-refractivity contribution is 0.683. The van der Waals surface area contributed by atoms with Crippen molar-refractivity contribution < 1.29 is 0 Å². The van der Waals surface area contributed by atoms with Crippen molar-refractivity contribution in [3.8, 4) is 0 Å². The summed E-state index contributed by atoms with van der Waals surface area (Å²) in [5, 5.41) is 3.44. The summed E-state index contributed by atoms with van der Waals surface area (Å²) in [5.74, 6) is 0. The molecule has 2 rings (SSSR count). The summed E-state index contributed by atoms with van der Waals surface area (Å²) in [7, 11) is 2.01. The minimum absolute atomic E-state index is 0.191. The van der Waals surface area contributed by atoms with E-state index in [2.05, 4.69) is 88.3 Å². The molecular formula is C17H19Br2N. The van der Waals surface area contributed by atoms with E-state index in [4.69, 9.17) is 0 Å². The molecule has 0 saturated heterocycles. The average Bonchev–Trinajstić information content (AvgIpc) is 2.41. The van der Waals surface area contributed by atoms with Gasteiger partial charge in [0.15, 0.2) is 0 Å². The van der Waals surface area contributed by atoms with E-state index in [1.807, 2.05) is 7.05 Å². The molecule has 0 aliphatic rings. The van der Waals surface area contributed by atoms with Crippen LogP contribution in [-0.2, 0) is 0 Å². The summed E-state index contributed by atoms with van der Waals surface area (Å²) in [6, 6.07) is 11.1. The van der Waals surface area contributed by atoms with E-state index in [1.165, 1.54) is 32.3 Å². The summed E-state index contributed by atoms with van der Waals surface area (Å²) >= 11 is 7.33. The third kappa shape index (κ3) is 3.00. The average molecular weight is 397 g/mol. The van der Waals surface area contributed by atoms with Crippen LogP contribution in [-0.4, -0.2) is 7.05 Å². The lowest BCUT2D eigenvalue weighted by Gasteiger charge is -2.22. The van der Waals surface area contributed by atoms with Crippen LogP contribution in [0.15, 0.2) is 39.3 Å². The van der Waals surface area contributed by atoms with Gasteiger partial charge in [-0.15, -0.1) is 0 Å². The molecule has 20 heavy (non-hydrogen) atoms. The first-order valence-corrected chi connectivity index (χ1v) is 8.23. The molecule has 0 fully saturated rings. The monoisotopic (exact) mass is 395 g/mol. The van der Waals surface area contributed by atoms with Crippen LogP contribution in [0.5, 0.6) is 0 Å². The second-order valence-electron chi connectivity index (χ2n) is 5.16. The van der Waals surface area contributed by atoms with Crippen LogP contribution in [0.1, 0.15) is 33.9 Å². The fraction of sp³-hybridized carbons (Fsp3) is 0.294. The van der Waals surface area contributed by atoms with Crippen molar-refractivity contribution in [2.45, 2.75) is 26.8 Å².